The van der Waals surface area contributed by atoms with Gasteiger partial charge in [-0.2, -0.15) is 10.2 Å². The number of carbonyl (C=O) groups excluding carboxylic acids is 1. The Hall–Kier alpha value is -2.51. The van der Waals surface area contributed by atoms with Crippen LogP contribution >= 0.6 is 0 Å². The van der Waals surface area contributed by atoms with Crippen LogP contribution in [0.1, 0.15) is 26.3 Å². The van der Waals surface area contributed by atoms with Crippen molar-refractivity contribution < 1.29 is 4.79 Å². The fourth-order valence-electron chi connectivity index (χ4n) is 3.08. The average molecular weight is 329 g/mol. The third-order valence-corrected chi connectivity index (χ3v) is 4.30. The Morgan fingerprint density at radius 2 is 2.08 bits per heavy atom. The summed E-state index contributed by atoms with van der Waals surface area (Å²) in [5.41, 5.74) is 0. The standard InChI is InChI=1S/C16H23N7O/c1-13(2)15(23-12-17-11-19-23)16(24)22-8-4-7-21(9-10-22)14-5-3-6-18-20-14/h3,5-6,11-13,15H,4,7-10H2,1-2H3/t15-/m0/s1. The molecule has 1 amide bonds. The van der Waals surface area contributed by atoms with Gasteiger partial charge in [-0.25, -0.2) is 9.67 Å². The Morgan fingerprint density at radius 3 is 2.75 bits per heavy atom. The van der Waals surface area contributed by atoms with Gasteiger partial charge in [-0.05, 0) is 24.5 Å². The summed E-state index contributed by atoms with van der Waals surface area (Å²) in [7, 11) is 0. The molecule has 128 valence electrons. The van der Waals surface area contributed by atoms with E-state index in [0.29, 0.717) is 6.54 Å². The lowest BCUT2D eigenvalue weighted by Gasteiger charge is -2.28. The quantitative estimate of drug-likeness (QED) is 0.833. The highest BCUT2D eigenvalue weighted by molar-refractivity contribution is 5.80. The second-order valence-corrected chi connectivity index (χ2v) is 6.31. The van der Waals surface area contributed by atoms with Gasteiger partial charge in [0.05, 0.1) is 0 Å². The summed E-state index contributed by atoms with van der Waals surface area (Å²) in [5.74, 6) is 1.12. The predicted octanol–water partition coefficient (Wildman–Crippen LogP) is 1.00. The monoisotopic (exact) mass is 329 g/mol. The van der Waals surface area contributed by atoms with Gasteiger partial charge in [0.25, 0.3) is 0 Å². The summed E-state index contributed by atoms with van der Waals surface area (Å²) in [4.78, 5) is 21.1. The number of hydrogen-bond acceptors (Lipinski definition) is 6. The number of rotatable bonds is 4. The lowest BCUT2D eigenvalue weighted by atomic mass is 10.0. The molecule has 8 nitrogen and oxygen atoms in total. The van der Waals surface area contributed by atoms with Gasteiger partial charge in [0.15, 0.2) is 5.82 Å². The third kappa shape index (κ3) is 3.52. The van der Waals surface area contributed by atoms with Crippen LogP contribution in [-0.2, 0) is 4.79 Å². The maximum Gasteiger partial charge on any atom is 0.247 e. The average Bonchev–Trinajstić information content (AvgIpc) is 2.98. The molecule has 3 heterocycles. The van der Waals surface area contributed by atoms with Gasteiger partial charge in [-0.3, -0.25) is 4.79 Å². The maximum atomic E-state index is 13.0. The van der Waals surface area contributed by atoms with Crippen LogP contribution in [0.15, 0.2) is 31.0 Å². The molecule has 8 heteroatoms. The molecule has 1 saturated heterocycles. The molecular weight excluding hydrogens is 306 g/mol. The zero-order chi connectivity index (χ0) is 16.9. The van der Waals surface area contributed by atoms with Gasteiger partial charge >= 0.3 is 0 Å². The van der Waals surface area contributed by atoms with Crippen LogP contribution in [0.25, 0.3) is 0 Å². The number of nitrogens with zero attached hydrogens (tertiary/aromatic N) is 7. The molecule has 1 atom stereocenters. The first-order valence-corrected chi connectivity index (χ1v) is 8.32. The molecule has 24 heavy (non-hydrogen) atoms. The minimum absolute atomic E-state index is 0.108. The first-order valence-electron chi connectivity index (χ1n) is 8.32. The third-order valence-electron chi connectivity index (χ3n) is 4.30. The molecular formula is C16H23N7O. The molecule has 0 N–H and O–H groups in total. The number of hydrogen-bond donors (Lipinski definition) is 0. The van der Waals surface area contributed by atoms with E-state index in [9.17, 15) is 4.79 Å². The van der Waals surface area contributed by atoms with Crippen molar-refractivity contribution >= 4 is 11.7 Å². The van der Waals surface area contributed by atoms with E-state index in [2.05, 4.69) is 25.2 Å². The molecule has 0 radical (unpaired) electrons. The first-order chi connectivity index (χ1) is 11.7. The van der Waals surface area contributed by atoms with Crippen molar-refractivity contribution in [1.82, 2.24) is 29.9 Å². The Kier molecular flexibility index (Phi) is 5.02. The second kappa shape index (κ2) is 7.37. The van der Waals surface area contributed by atoms with Crippen molar-refractivity contribution in [2.24, 2.45) is 5.92 Å². The van der Waals surface area contributed by atoms with Crippen molar-refractivity contribution in [3.63, 3.8) is 0 Å². The van der Waals surface area contributed by atoms with Crippen LogP contribution in [-0.4, -0.2) is 61.9 Å². The van der Waals surface area contributed by atoms with E-state index in [4.69, 9.17) is 0 Å². The van der Waals surface area contributed by atoms with Gasteiger partial charge < -0.3 is 9.80 Å². The summed E-state index contributed by atoms with van der Waals surface area (Å²) in [6.07, 6.45) is 5.67. The normalized spacial score (nSPS) is 17.0. The van der Waals surface area contributed by atoms with E-state index in [0.717, 1.165) is 31.9 Å². The molecule has 2 aromatic heterocycles. The van der Waals surface area contributed by atoms with Crippen LogP contribution < -0.4 is 4.90 Å². The molecule has 3 rings (SSSR count). The number of carbonyl (C=O) groups is 1. The van der Waals surface area contributed by atoms with E-state index < -0.39 is 0 Å². The van der Waals surface area contributed by atoms with Crippen LogP contribution in [0.3, 0.4) is 0 Å². The molecule has 0 unspecified atom stereocenters. The largest absolute Gasteiger partial charge is 0.353 e. The fourth-order valence-corrected chi connectivity index (χ4v) is 3.08. The molecule has 0 spiro atoms. The molecule has 1 fully saturated rings. The van der Waals surface area contributed by atoms with Gasteiger partial charge in [-0.1, -0.05) is 13.8 Å². The SMILES string of the molecule is CC(C)[C@@H](C(=O)N1CCCN(c2cccnn2)CC1)n1cncn1. The molecule has 1 aliphatic rings. The lowest BCUT2D eigenvalue weighted by molar-refractivity contribution is -0.136. The van der Waals surface area contributed by atoms with Crippen LogP contribution in [0, 0.1) is 5.92 Å². The minimum atomic E-state index is -0.310. The van der Waals surface area contributed by atoms with Gasteiger partial charge in [0, 0.05) is 32.4 Å². The number of amides is 1. The Morgan fingerprint density at radius 1 is 1.21 bits per heavy atom. The van der Waals surface area contributed by atoms with Crippen molar-refractivity contribution in [1.29, 1.82) is 0 Å². The Labute approximate surface area is 141 Å². The highest BCUT2D eigenvalue weighted by Crippen LogP contribution is 2.21. The van der Waals surface area contributed by atoms with Crippen molar-refractivity contribution in [2.75, 3.05) is 31.1 Å². The highest BCUT2D eigenvalue weighted by atomic mass is 16.2. The van der Waals surface area contributed by atoms with E-state index in [-0.39, 0.29) is 17.9 Å². The van der Waals surface area contributed by atoms with E-state index in [1.165, 1.54) is 6.33 Å². The van der Waals surface area contributed by atoms with Crippen LogP contribution in [0.5, 0.6) is 0 Å². The smallest absolute Gasteiger partial charge is 0.247 e. The van der Waals surface area contributed by atoms with E-state index >= 15 is 0 Å². The summed E-state index contributed by atoms with van der Waals surface area (Å²) < 4.78 is 1.67. The minimum Gasteiger partial charge on any atom is -0.353 e. The molecule has 0 aromatic carbocycles. The van der Waals surface area contributed by atoms with Crippen LogP contribution in [0.4, 0.5) is 5.82 Å². The fraction of sp³-hybridized carbons (Fsp3) is 0.562. The zero-order valence-corrected chi connectivity index (χ0v) is 14.1. The topological polar surface area (TPSA) is 80.0 Å². The van der Waals surface area contributed by atoms with Crippen LogP contribution in [0.2, 0.25) is 0 Å². The number of anilines is 1. The Bertz CT molecular complexity index is 644. The molecule has 0 aliphatic carbocycles. The van der Waals surface area contributed by atoms with Gasteiger partial charge in [0.1, 0.15) is 18.7 Å². The first kappa shape index (κ1) is 16.4. The van der Waals surface area contributed by atoms with Gasteiger partial charge in [-0.15, -0.1) is 5.10 Å². The summed E-state index contributed by atoms with van der Waals surface area (Å²) >= 11 is 0. The summed E-state index contributed by atoms with van der Waals surface area (Å²) in [6.45, 7) is 7.12. The second-order valence-electron chi connectivity index (χ2n) is 6.31. The lowest BCUT2D eigenvalue weighted by Crippen LogP contribution is -2.41. The Balaban J connectivity index is 1.70. The maximum absolute atomic E-state index is 13.0. The summed E-state index contributed by atoms with van der Waals surface area (Å²) in [5, 5.41) is 12.3. The number of aromatic nitrogens is 5. The molecule has 1 aliphatic heterocycles. The zero-order valence-electron chi connectivity index (χ0n) is 14.1. The highest BCUT2D eigenvalue weighted by Gasteiger charge is 2.30. The van der Waals surface area contributed by atoms with Crippen molar-refractivity contribution in [3.8, 4) is 0 Å². The van der Waals surface area contributed by atoms with E-state index in [1.54, 1.807) is 17.2 Å². The molecule has 0 bridgehead atoms. The van der Waals surface area contributed by atoms with Crippen molar-refractivity contribution in [3.05, 3.63) is 31.0 Å². The molecule has 2 aromatic rings. The summed E-state index contributed by atoms with van der Waals surface area (Å²) in [6, 6.07) is 3.53. The van der Waals surface area contributed by atoms with E-state index in [1.807, 2.05) is 30.9 Å². The molecule has 0 saturated carbocycles. The predicted molar refractivity (Wildman–Crippen MR) is 89.3 cm³/mol. The van der Waals surface area contributed by atoms with Crippen molar-refractivity contribution in [2.45, 2.75) is 26.3 Å². The van der Waals surface area contributed by atoms with Gasteiger partial charge in [0.2, 0.25) is 5.91 Å².